The van der Waals surface area contributed by atoms with Crippen LogP contribution in [0.5, 0.6) is 5.75 Å². The highest BCUT2D eigenvalue weighted by Crippen LogP contribution is 2.10. The van der Waals surface area contributed by atoms with Gasteiger partial charge < -0.3 is 10.1 Å². The smallest absolute Gasteiger partial charge is 0.258 e. The number of nitrogens with one attached hydrogen (secondary N) is 1. The van der Waals surface area contributed by atoms with Gasteiger partial charge in [-0.2, -0.15) is 5.26 Å². The number of amides is 1. The summed E-state index contributed by atoms with van der Waals surface area (Å²) in [5.41, 5.74) is 2.04. The molecule has 5 nitrogen and oxygen atoms in total. The maximum absolute atomic E-state index is 11.7. The molecular weight excluding hydrogens is 280 g/mol. The van der Waals surface area contributed by atoms with Gasteiger partial charge in [-0.05, 0) is 42.0 Å². The molecule has 0 saturated carbocycles. The van der Waals surface area contributed by atoms with E-state index < -0.39 is 0 Å². The quantitative estimate of drug-likeness (QED) is 0.827. The van der Waals surface area contributed by atoms with E-state index in [0.717, 1.165) is 11.8 Å². The summed E-state index contributed by atoms with van der Waals surface area (Å²) in [6.45, 7) is 0.273. The minimum Gasteiger partial charge on any atom is -0.484 e. The summed E-state index contributed by atoms with van der Waals surface area (Å²) in [7, 11) is 0. The second kappa shape index (κ2) is 7.60. The van der Waals surface area contributed by atoms with E-state index in [2.05, 4.69) is 5.32 Å². The average molecular weight is 294 g/mol. The van der Waals surface area contributed by atoms with Crippen LogP contribution in [0.4, 0.5) is 0 Å². The summed E-state index contributed by atoms with van der Waals surface area (Å²) in [5, 5.41) is 11.4. The number of carbonyl (C=O) groups is 2. The number of hydrogen-bond acceptors (Lipinski definition) is 4. The minimum absolute atomic E-state index is 0.100. The Kier molecular flexibility index (Phi) is 5.27. The third-order valence-corrected chi connectivity index (χ3v) is 2.96. The third-order valence-electron chi connectivity index (χ3n) is 2.96. The Balaban J connectivity index is 1.77. The fraction of sp³-hybridized carbons (Fsp3) is 0.118. The Morgan fingerprint density at radius 1 is 1.14 bits per heavy atom. The van der Waals surface area contributed by atoms with E-state index in [4.69, 9.17) is 10.00 Å². The van der Waals surface area contributed by atoms with E-state index in [9.17, 15) is 9.59 Å². The topological polar surface area (TPSA) is 79.2 Å². The van der Waals surface area contributed by atoms with Crippen molar-refractivity contribution < 1.29 is 14.3 Å². The van der Waals surface area contributed by atoms with Crippen LogP contribution in [-0.2, 0) is 11.3 Å². The van der Waals surface area contributed by atoms with Crippen molar-refractivity contribution in [1.29, 1.82) is 5.26 Å². The lowest BCUT2D eigenvalue weighted by Gasteiger charge is -2.07. The lowest BCUT2D eigenvalue weighted by molar-refractivity contribution is -0.123. The number of nitrogens with zero attached hydrogens (tertiary/aromatic N) is 1. The van der Waals surface area contributed by atoms with Gasteiger partial charge in [0.25, 0.3) is 5.91 Å². The summed E-state index contributed by atoms with van der Waals surface area (Å²) < 4.78 is 5.32. The second-order valence-corrected chi connectivity index (χ2v) is 4.56. The summed E-state index contributed by atoms with van der Waals surface area (Å²) in [4.78, 5) is 22.2. The highest BCUT2D eigenvalue weighted by Gasteiger charge is 2.03. The molecule has 1 N–H and O–H groups in total. The molecule has 2 rings (SSSR count). The van der Waals surface area contributed by atoms with Crippen LogP contribution in [0.15, 0.2) is 48.5 Å². The number of rotatable bonds is 6. The van der Waals surface area contributed by atoms with Crippen molar-refractivity contribution in [3.8, 4) is 11.8 Å². The highest BCUT2D eigenvalue weighted by molar-refractivity contribution is 5.77. The van der Waals surface area contributed by atoms with E-state index in [1.807, 2.05) is 6.07 Å². The van der Waals surface area contributed by atoms with Crippen molar-refractivity contribution in [3.63, 3.8) is 0 Å². The van der Waals surface area contributed by atoms with E-state index in [1.165, 1.54) is 0 Å². The van der Waals surface area contributed by atoms with Crippen LogP contribution in [0.1, 0.15) is 21.5 Å². The fourth-order valence-corrected chi connectivity index (χ4v) is 1.74. The van der Waals surface area contributed by atoms with Gasteiger partial charge in [-0.25, -0.2) is 0 Å². The van der Waals surface area contributed by atoms with Crippen molar-refractivity contribution in [1.82, 2.24) is 5.32 Å². The molecule has 0 aliphatic heterocycles. The number of nitriles is 1. The lowest BCUT2D eigenvalue weighted by Crippen LogP contribution is -2.28. The molecule has 1 amide bonds. The maximum Gasteiger partial charge on any atom is 0.258 e. The monoisotopic (exact) mass is 294 g/mol. The molecule has 0 aromatic heterocycles. The summed E-state index contributed by atoms with van der Waals surface area (Å²) in [6.07, 6.45) is 0.744. The van der Waals surface area contributed by atoms with Crippen molar-refractivity contribution in [2.24, 2.45) is 0 Å². The van der Waals surface area contributed by atoms with E-state index in [0.29, 0.717) is 23.4 Å². The van der Waals surface area contributed by atoms with Crippen LogP contribution in [0.3, 0.4) is 0 Å². The predicted molar refractivity (Wildman–Crippen MR) is 80.3 cm³/mol. The molecule has 0 atom stereocenters. The van der Waals surface area contributed by atoms with Gasteiger partial charge in [-0.15, -0.1) is 0 Å². The van der Waals surface area contributed by atoms with Gasteiger partial charge in [-0.1, -0.05) is 12.1 Å². The van der Waals surface area contributed by atoms with Gasteiger partial charge in [-0.3, -0.25) is 9.59 Å². The lowest BCUT2D eigenvalue weighted by atomic mass is 10.1. The zero-order chi connectivity index (χ0) is 15.8. The van der Waals surface area contributed by atoms with Gasteiger partial charge in [0.2, 0.25) is 0 Å². The molecule has 110 valence electrons. The first-order chi connectivity index (χ1) is 10.7. The molecule has 2 aromatic carbocycles. The largest absolute Gasteiger partial charge is 0.484 e. The number of aldehydes is 1. The molecule has 0 fully saturated rings. The molecule has 5 heteroatoms. The molecule has 0 aliphatic carbocycles. The highest BCUT2D eigenvalue weighted by atomic mass is 16.5. The molecule has 2 aromatic rings. The summed E-state index contributed by atoms with van der Waals surface area (Å²) >= 11 is 0. The maximum atomic E-state index is 11.7. The van der Waals surface area contributed by atoms with E-state index >= 15 is 0 Å². The van der Waals surface area contributed by atoms with Gasteiger partial charge in [0.1, 0.15) is 12.0 Å². The Labute approximate surface area is 128 Å². The van der Waals surface area contributed by atoms with Crippen LogP contribution in [0, 0.1) is 11.3 Å². The Bertz CT molecular complexity index is 685. The van der Waals surface area contributed by atoms with Gasteiger partial charge >= 0.3 is 0 Å². The van der Waals surface area contributed by atoms with Crippen LogP contribution in [0.2, 0.25) is 0 Å². The summed E-state index contributed by atoms with van der Waals surface area (Å²) in [5.74, 6) is 0.281. The number of benzene rings is 2. The van der Waals surface area contributed by atoms with Crippen LogP contribution in [0.25, 0.3) is 0 Å². The van der Waals surface area contributed by atoms with E-state index in [1.54, 1.807) is 48.5 Å². The molecule has 0 unspecified atom stereocenters. The normalized spacial score (nSPS) is 9.59. The number of hydrogen-bond donors (Lipinski definition) is 1. The number of carbonyl (C=O) groups excluding carboxylic acids is 2. The molecule has 0 saturated heterocycles. The van der Waals surface area contributed by atoms with Crippen LogP contribution in [-0.4, -0.2) is 18.8 Å². The van der Waals surface area contributed by atoms with E-state index in [-0.39, 0.29) is 12.5 Å². The standard InChI is InChI=1S/C17H14N2O3/c18-9-13-1-3-14(4-2-13)10-19-17(21)12-22-16-7-5-15(11-20)6-8-16/h1-8,11H,10,12H2,(H,19,21). The third kappa shape index (κ3) is 4.46. The summed E-state index contributed by atoms with van der Waals surface area (Å²) in [6, 6.07) is 15.5. The first-order valence-corrected chi connectivity index (χ1v) is 6.65. The molecule has 0 spiro atoms. The zero-order valence-electron chi connectivity index (χ0n) is 11.8. The first-order valence-electron chi connectivity index (χ1n) is 6.65. The van der Waals surface area contributed by atoms with Crippen molar-refractivity contribution in [2.75, 3.05) is 6.61 Å². The Morgan fingerprint density at radius 3 is 2.41 bits per heavy atom. The van der Waals surface area contributed by atoms with Crippen molar-refractivity contribution in [3.05, 3.63) is 65.2 Å². The number of ether oxygens (including phenoxy) is 1. The van der Waals surface area contributed by atoms with Crippen LogP contribution >= 0.6 is 0 Å². The molecule has 0 aliphatic rings. The zero-order valence-corrected chi connectivity index (χ0v) is 11.8. The average Bonchev–Trinajstić information content (AvgIpc) is 2.59. The second-order valence-electron chi connectivity index (χ2n) is 4.56. The van der Waals surface area contributed by atoms with Gasteiger partial charge in [0, 0.05) is 12.1 Å². The fourth-order valence-electron chi connectivity index (χ4n) is 1.74. The van der Waals surface area contributed by atoms with Crippen LogP contribution < -0.4 is 10.1 Å². The van der Waals surface area contributed by atoms with Crippen molar-refractivity contribution in [2.45, 2.75) is 6.54 Å². The predicted octanol–water partition coefficient (Wildman–Crippen LogP) is 2.07. The molecule has 0 radical (unpaired) electrons. The Hall–Kier alpha value is -3.13. The molecule has 0 bridgehead atoms. The molecule has 0 heterocycles. The Morgan fingerprint density at radius 2 is 1.82 bits per heavy atom. The minimum atomic E-state index is -0.246. The van der Waals surface area contributed by atoms with Gasteiger partial charge in [0.15, 0.2) is 6.61 Å². The first kappa shape index (κ1) is 15.3. The molecule has 22 heavy (non-hydrogen) atoms. The van der Waals surface area contributed by atoms with Gasteiger partial charge in [0.05, 0.1) is 11.6 Å². The SMILES string of the molecule is N#Cc1ccc(CNC(=O)COc2ccc(C=O)cc2)cc1. The van der Waals surface area contributed by atoms with Crippen molar-refractivity contribution >= 4 is 12.2 Å². The molecular formula is C17H14N2O3.